The van der Waals surface area contributed by atoms with Crippen LogP contribution >= 0.6 is 11.8 Å². The van der Waals surface area contributed by atoms with Gasteiger partial charge in [-0.05, 0) is 30.5 Å². The van der Waals surface area contributed by atoms with E-state index in [4.69, 9.17) is 9.98 Å². The Morgan fingerprint density at radius 2 is 1.80 bits per heavy atom. The molecule has 0 fully saturated rings. The molecule has 2 aromatic carbocycles. The lowest BCUT2D eigenvalue weighted by atomic mass is 10.1. The fourth-order valence-electron chi connectivity index (χ4n) is 3.42. The summed E-state index contributed by atoms with van der Waals surface area (Å²) in [6, 6.07) is 17.0. The number of carbonyl (C=O) groups is 2. The molecule has 0 saturated carbocycles. The third-order valence-electron chi connectivity index (χ3n) is 5.09. The molecule has 0 unspecified atom stereocenters. The topological polar surface area (TPSA) is 74.1 Å². The van der Waals surface area contributed by atoms with Crippen LogP contribution in [0.2, 0.25) is 0 Å². The van der Waals surface area contributed by atoms with Crippen LogP contribution in [0.1, 0.15) is 31.9 Å². The van der Waals surface area contributed by atoms with E-state index in [1.165, 1.54) is 11.8 Å². The van der Waals surface area contributed by atoms with Gasteiger partial charge in [0, 0.05) is 12.1 Å². The van der Waals surface area contributed by atoms with Gasteiger partial charge in [0.25, 0.3) is 5.91 Å². The summed E-state index contributed by atoms with van der Waals surface area (Å²) in [7, 11) is 0. The Bertz CT molecular complexity index is 1030. The summed E-state index contributed by atoms with van der Waals surface area (Å²) in [4.78, 5) is 36.7. The number of benzene rings is 2. The third-order valence-corrected chi connectivity index (χ3v) is 6.14. The van der Waals surface area contributed by atoms with Gasteiger partial charge in [-0.15, -0.1) is 0 Å². The quantitative estimate of drug-likeness (QED) is 0.801. The lowest BCUT2D eigenvalue weighted by molar-refractivity contribution is -0.125. The Hall–Kier alpha value is -2.93. The molecule has 0 radical (unpaired) electrons. The van der Waals surface area contributed by atoms with Gasteiger partial charge in [-0.2, -0.15) is 0 Å². The zero-order valence-corrected chi connectivity index (χ0v) is 18.0. The van der Waals surface area contributed by atoms with Gasteiger partial charge in [0.05, 0.1) is 10.9 Å². The molecule has 2 aliphatic rings. The van der Waals surface area contributed by atoms with Crippen molar-refractivity contribution in [2.24, 2.45) is 15.9 Å². The number of fused-ring (bicyclic) bond motifs is 3. The van der Waals surface area contributed by atoms with Crippen molar-refractivity contribution >= 4 is 40.3 Å². The molecule has 2 heterocycles. The van der Waals surface area contributed by atoms with Crippen molar-refractivity contribution in [1.82, 2.24) is 10.2 Å². The predicted molar refractivity (Wildman–Crippen MR) is 121 cm³/mol. The molecule has 0 saturated heterocycles. The third kappa shape index (κ3) is 3.89. The van der Waals surface area contributed by atoms with Crippen LogP contribution in [0.3, 0.4) is 0 Å². The van der Waals surface area contributed by atoms with Crippen LogP contribution in [0.25, 0.3) is 0 Å². The van der Waals surface area contributed by atoms with Crippen LogP contribution in [0.5, 0.6) is 0 Å². The number of rotatable bonds is 5. The highest BCUT2D eigenvalue weighted by atomic mass is 32.2. The van der Waals surface area contributed by atoms with E-state index < -0.39 is 11.3 Å². The number of carbonyl (C=O) groups excluding carboxylic acids is 2. The van der Waals surface area contributed by atoms with Crippen molar-refractivity contribution in [1.29, 1.82) is 0 Å². The second kappa shape index (κ2) is 8.44. The minimum atomic E-state index is -0.431. The molecule has 1 N–H and O–H groups in total. The maximum absolute atomic E-state index is 13.1. The number of amides is 2. The van der Waals surface area contributed by atoms with Crippen molar-refractivity contribution in [2.75, 3.05) is 0 Å². The molecule has 2 amide bonds. The van der Waals surface area contributed by atoms with E-state index in [1.54, 1.807) is 4.90 Å². The minimum absolute atomic E-state index is 0.0839. The second-order valence-corrected chi connectivity index (χ2v) is 9.00. The number of nitrogens with zero attached hydrogens (tertiary/aromatic N) is 3. The number of para-hydroxylation sites is 1. The van der Waals surface area contributed by atoms with Crippen molar-refractivity contribution in [2.45, 2.75) is 38.6 Å². The summed E-state index contributed by atoms with van der Waals surface area (Å²) in [5.74, 6) is 0.526. The molecular formula is C23H24N4O2S. The number of hydrogen-bond acceptors (Lipinski definition) is 5. The molecule has 0 aliphatic carbocycles. The van der Waals surface area contributed by atoms with Crippen LogP contribution in [0, 0.1) is 5.92 Å². The normalized spacial score (nSPS) is 18.5. The Morgan fingerprint density at radius 1 is 1.10 bits per heavy atom. The maximum Gasteiger partial charge on any atom is 0.259 e. The van der Waals surface area contributed by atoms with E-state index >= 15 is 0 Å². The molecule has 2 aliphatic heterocycles. The van der Waals surface area contributed by atoms with E-state index in [0.29, 0.717) is 17.5 Å². The fourth-order valence-corrected chi connectivity index (χ4v) is 4.36. The number of thioether (sulfide) groups is 1. The lowest BCUT2D eigenvalue weighted by Crippen LogP contribution is -2.43. The molecule has 4 rings (SSSR count). The van der Waals surface area contributed by atoms with Gasteiger partial charge in [-0.25, -0.2) is 9.89 Å². The van der Waals surface area contributed by atoms with Gasteiger partial charge in [0.2, 0.25) is 5.91 Å². The minimum Gasteiger partial charge on any atom is -0.351 e. The summed E-state index contributed by atoms with van der Waals surface area (Å²) in [5, 5.41) is 3.05. The van der Waals surface area contributed by atoms with Crippen LogP contribution in [-0.4, -0.2) is 39.0 Å². The highest BCUT2D eigenvalue weighted by Crippen LogP contribution is 2.35. The number of amidine groups is 2. The van der Waals surface area contributed by atoms with Crippen molar-refractivity contribution < 1.29 is 9.59 Å². The van der Waals surface area contributed by atoms with Crippen LogP contribution in [0.15, 0.2) is 64.6 Å². The van der Waals surface area contributed by atoms with Crippen LogP contribution in [0.4, 0.5) is 5.69 Å². The number of nitrogens with one attached hydrogen (secondary N) is 1. The lowest BCUT2D eigenvalue weighted by Gasteiger charge is -2.27. The van der Waals surface area contributed by atoms with Gasteiger partial charge in [0.15, 0.2) is 5.17 Å². The molecule has 0 bridgehead atoms. The predicted octanol–water partition coefficient (Wildman–Crippen LogP) is 3.74. The summed E-state index contributed by atoms with van der Waals surface area (Å²) >= 11 is 1.28. The van der Waals surface area contributed by atoms with Crippen molar-refractivity contribution in [3.8, 4) is 0 Å². The number of hydrogen-bond donors (Lipinski definition) is 1. The van der Waals surface area contributed by atoms with E-state index in [9.17, 15) is 9.59 Å². The van der Waals surface area contributed by atoms with Crippen LogP contribution < -0.4 is 5.32 Å². The Kier molecular flexibility index (Phi) is 5.72. The number of aliphatic imine (C=N–C) groups is 2. The zero-order chi connectivity index (χ0) is 21.3. The summed E-state index contributed by atoms with van der Waals surface area (Å²) < 4.78 is 0. The van der Waals surface area contributed by atoms with Crippen molar-refractivity contribution in [3.05, 3.63) is 65.7 Å². The molecule has 30 heavy (non-hydrogen) atoms. The molecule has 154 valence electrons. The Morgan fingerprint density at radius 3 is 2.53 bits per heavy atom. The van der Waals surface area contributed by atoms with E-state index in [2.05, 4.69) is 5.32 Å². The van der Waals surface area contributed by atoms with E-state index in [0.717, 1.165) is 16.8 Å². The first-order chi connectivity index (χ1) is 14.5. The van der Waals surface area contributed by atoms with Gasteiger partial charge in [0.1, 0.15) is 11.9 Å². The van der Waals surface area contributed by atoms with Gasteiger partial charge in [-0.1, -0.05) is 68.1 Å². The molecule has 7 heteroatoms. The summed E-state index contributed by atoms with van der Waals surface area (Å²) in [6.07, 6.45) is 0. The van der Waals surface area contributed by atoms with E-state index in [-0.39, 0.29) is 17.7 Å². The maximum atomic E-state index is 13.1. The highest BCUT2D eigenvalue weighted by Gasteiger charge is 2.43. The molecule has 0 aromatic heterocycles. The van der Waals surface area contributed by atoms with Gasteiger partial charge < -0.3 is 5.32 Å². The Balaban J connectivity index is 1.54. The highest BCUT2D eigenvalue weighted by molar-refractivity contribution is 8.15. The largest absolute Gasteiger partial charge is 0.351 e. The summed E-state index contributed by atoms with van der Waals surface area (Å²) in [5.41, 5.74) is 2.65. The molecule has 6 nitrogen and oxygen atoms in total. The monoisotopic (exact) mass is 420 g/mol. The average Bonchev–Trinajstić information content (AvgIpc) is 3.11. The van der Waals surface area contributed by atoms with E-state index in [1.807, 2.05) is 75.4 Å². The van der Waals surface area contributed by atoms with Crippen LogP contribution in [-0.2, 0) is 16.1 Å². The fraction of sp³-hybridized carbons (Fsp3) is 0.304. The SMILES string of the molecule is CC(C)[C@@H]1N=C2c3ccccc3N=C(S[C@H](C)C(=O)NCc3ccccc3)N2C1=O. The first-order valence-electron chi connectivity index (χ1n) is 10.0. The average molecular weight is 421 g/mol. The van der Waals surface area contributed by atoms with Crippen molar-refractivity contribution in [3.63, 3.8) is 0 Å². The molecular weight excluding hydrogens is 396 g/mol. The first kappa shape index (κ1) is 20.3. The summed E-state index contributed by atoms with van der Waals surface area (Å²) in [6.45, 7) is 6.26. The standard InChI is InChI=1S/C23H24N4O2S/c1-14(2)19-22(29)27-20(26-19)17-11-7-8-12-18(17)25-23(27)30-15(3)21(28)24-13-16-9-5-4-6-10-16/h4-12,14-15,19H,13H2,1-3H3,(H,24,28)/t15-,19+/m1/s1. The van der Waals surface area contributed by atoms with Gasteiger partial charge in [-0.3, -0.25) is 14.6 Å². The molecule has 2 aromatic rings. The Labute approximate surface area is 180 Å². The smallest absolute Gasteiger partial charge is 0.259 e. The molecule has 0 spiro atoms. The molecule has 2 atom stereocenters. The second-order valence-electron chi connectivity index (χ2n) is 7.69. The zero-order valence-electron chi connectivity index (χ0n) is 17.2. The first-order valence-corrected chi connectivity index (χ1v) is 10.9. The van der Waals surface area contributed by atoms with Gasteiger partial charge >= 0.3 is 0 Å².